The van der Waals surface area contributed by atoms with Gasteiger partial charge in [-0.25, -0.2) is 0 Å². The zero-order valence-corrected chi connectivity index (χ0v) is 9.61. The monoisotopic (exact) mass is 222 g/mol. The van der Waals surface area contributed by atoms with Crippen LogP contribution in [0.3, 0.4) is 0 Å². The summed E-state index contributed by atoms with van der Waals surface area (Å²) in [7, 11) is 1.93. The highest BCUT2D eigenvalue weighted by atomic mass is 35.5. The third kappa shape index (κ3) is 3.91. The Morgan fingerprint density at radius 1 is 1.40 bits per heavy atom. The molecule has 0 radical (unpaired) electrons. The molecule has 0 saturated heterocycles. The predicted molar refractivity (Wildman–Crippen MR) is 62.9 cm³/mol. The minimum absolute atomic E-state index is 0.230. The minimum atomic E-state index is 0.230. The van der Waals surface area contributed by atoms with Gasteiger partial charge in [0.1, 0.15) is 0 Å². The first-order valence-corrected chi connectivity index (χ1v) is 5.48. The molecule has 1 rings (SSSR count). The highest BCUT2D eigenvalue weighted by molar-refractivity contribution is 6.18. The van der Waals surface area contributed by atoms with Gasteiger partial charge in [-0.15, -0.1) is 11.6 Å². The quantitative estimate of drug-likeness (QED) is 0.565. The maximum Gasteiger partial charge on any atom is 0.0866 e. The van der Waals surface area contributed by atoms with Gasteiger partial charge >= 0.3 is 0 Å². The van der Waals surface area contributed by atoms with Gasteiger partial charge in [0.25, 0.3) is 0 Å². The van der Waals surface area contributed by atoms with Gasteiger partial charge < -0.3 is 0 Å². The number of hydrogen-bond acceptors (Lipinski definition) is 2. The lowest BCUT2D eigenvalue weighted by Gasteiger charge is -2.23. The Morgan fingerprint density at radius 2 is 2.07 bits per heavy atom. The maximum absolute atomic E-state index is 8.61. The molecule has 1 aromatic rings. The molecule has 0 bridgehead atoms. The lowest BCUT2D eigenvalue weighted by Crippen LogP contribution is -2.35. The number of alkyl halides is 1. The van der Waals surface area contributed by atoms with E-state index < -0.39 is 0 Å². The summed E-state index contributed by atoms with van der Waals surface area (Å²) in [5, 5.41) is 8.61. The number of halogens is 1. The van der Waals surface area contributed by atoms with Gasteiger partial charge in [-0.3, -0.25) is 4.90 Å². The zero-order valence-electron chi connectivity index (χ0n) is 8.86. The molecule has 3 heteroatoms. The lowest BCUT2D eigenvalue weighted by molar-refractivity contribution is 0.289. The summed E-state index contributed by atoms with van der Waals surface area (Å²) in [6, 6.07) is 12.6. The van der Waals surface area contributed by atoms with Crippen LogP contribution in [0.5, 0.6) is 0 Å². The molecular weight excluding hydrogens is 208 g/mol. The summed E-state index contributed by atoms with van der Waals surface area (Å²) >= 11 is 5.90. The van der Waals surface area contributed by atoms with Gasteiger partial charge in [0, 0.05) is 11.9 Å². The summed E-state index contributed by atoms with van der Waals surface area (Å²) in [5.74, 6) is 0.549. The molecule has 0 aliphatic carbocycles. The van der Waals surface area contributed by atoms with Crippen LogP contribution in [0.25, 0.3) is 0 Å². The number of rotatable bonds is 5. The fourth-order valence-corrected chi connectivity index (χ4v) is 1.80. The van der Waals surface area contributed by atoms with Gasteiger partial charge in [0.05, 0.1) is 12.6 Å². The molecule has 0 heterocycles. The van der Waals surface area contributed by atoms with E-state index in [4.69, 9.17) is 16.9 Å². The first kappa shape index (κ1) is 12.0. The van der Waals surface area contributed by atoms with Crippen LogP contribution in [0.1, 0.15) is 5.56 Å². The van der Waals surface area contributed by atoms with Crippen molar-refractivity contribution in [1.29, 1.82) is 5.26 Å². The van der Waals surface area contributed by atoms with E-state index in [0.717, 1.165) is 6.42 Å². The topological polar surface area (TPSA) is 27.0 Å². The maximum atomic E-state index is 8.61. The van der Waals surface area contributed by atoms with Gasteiger partial charge in [0.15, 0.2) is 0 Å². The average molecular weight is 223 g/mol. The van der Waals surface area contributed by atoms with Crippen molar-refractivity contribution in [3.63, 3.8) is 0 Å². The zero-order chi connectivity index (χ0) is 11.1. The summed E-state index contributed by atoms with van der Waals surface area (Å²) in [6.07, 6.45) is 0.891. The third-order valence-corrected chi connectivity index (χ3v) is 2.79. The molecule has 0 saturated carbocycles. The predicted octanol–water partition coefficient (Wildman–Crippen LogP) is 2.29. The van der Waals surface area contributed by atoms with Crippen LogP contribution in [0.2, 0.25) is 0 Å². The molecule has 0 spiro atoms. The standard InChI is InChI=1S/C12H15ClN2/c1-15(8-7-14)12(10-13)9-11-5-3-2-4-6-11/h2-6,12H,8-10H2,1H3/t12-/m0/s1. The number of benzene rings is 1. The first-order valence-electron chi connectivity index (χ1n) is 4.95. The van der Waals surface area contributed by atoms with Crippen molar-refractivity contribution in [2.45, 2.75) is 12.5 Å². The van der Waals surface area contributed by atoms with Gasteiger partial charge in [0.2, 0.25) is 0 Å². The first-order chi connectivity index (χ1) is 7.27. The number of likely N-dealkylation sites (N-methyl/N-ethyl adjacent to an activating group) is 1. The number of hydrogen-bond donors (Lipinski definition) is 0. The van der Waals surface area contributed by atoms with E-state index >= 15 is 0 Å². The average Bonchev–Trinajstić information content (AvgIpc) is 2.27. The van der Waals surface area contributed by atoms with Crippen LogP contribution in [0.4, 0.5) is 0 Å². The normalized spacial score (nSPS) is 12.4. The molecule has 0 unspecified atom stereocenters. The van der Waals surface area contributed by atoms with Crippen molar-refractivity contribution < 1.29 is 0 Å². The van der Waals surface area contributed by atoms with Crippen molar-refractivity contribution in [2.24, 2.45) is 0 Å². The highest BCUT2D eigenvalue weighted by Gasteiger charge is 2.13. The van der Waals surface area contributed by atoms with E-state index in [1.54, 1.807) is 0 Å². The van der Waals surface area contributed by atoms with Crippen LogP contribution in [0, 0.1) is 11.3 Å². The largest absolute Gasteiger partial charge is 0.289 e. The SMILES string of the molecule is CN(CC#N)[C@H](CCl)Cc1ccccc1. The summed E-state index contributed by atoms with van der Waals surface area (Å²) in [4.78, 5) is 1.99. The Balaban J connectivity index is 2.58. The van der Waals surface area contributed by atoms with Gasteiger partial charge in [-0.05, 0) is 19.0 Å². The lowest BCUT2D eigenvalue weighted by atomic mass is 10.1. The summed E-state index contributed by atoms with van der Waals surface area (Å²) < 4.78 is 0. The molecule has 0 N–H and O–H groups in total. The van der Waals surface area contributed by atoms with Crippen molar-refractivity contribution >= 4 is 11.6 Å². The Labute approximate surface area is 96.1 Å². The molecule has 1 aromatic carbocycles. The van der Waals surface area contributed by atoms with Crippen molar-refractivity contribution in [3.8, 4) is 6.07 Å². The van der Waals surface area contributed by atoms with Crippen molar-refractivity contribution in [1.82, 2.24) is 4.90 Å². The van der Waals surface area contributed by atoms with E-state index in [1.807, 2.05) is 30.1 Å². The van der Waals surface area contributed by atoms with Crippen LogP contribution in [-0.4, -0.2) is 30.4 Å². The molecule has 15 heavy (non-hydrogen) atoms. The molecule has 0 aliphatic heterocycles. The van der Waals surface area contributed by atoms with Crippen LogP contribution < -0.4 is 0 Å². The van der Waals surface area contributed by atoms with E-state index in [1.165, 1.54) is 5.56 Å². The van der Waals surface area contributed by atoms with E-state index in [0.29, 0.717) is 12.4 Å². The Kier molecular flexibility index (Phi) is 5.17. The fourth-order valence-electron chi connectivity index (χ4n) is 1.45. The fraction of sp³-hybridized carbons (Fsp3) is 0.417. The number of nitrogens with zero attached hydrogens (tertiary/aromatic N) is 2. The van der Waals surface area contributed by atoms with Crippen LogP contribution >= 0.6 is 11.6 Å². The van der Waals surface area contributed by atoms with Gasteiger partial charge in [-0.1, -0.05) is 30.3 Å². The van der Waals surface area contributed by atoms with Crippen LogP contribution in [-0.2, 0) is 6.42 Å². The smallest absolute Gasteiger partial charge is 0.0866 e. The minimum Gasteiger partial charge on any atom is -0.289 e. The van der Waals surface area contributed by atoms with E-state index in [2.05, 4.69) is 18.2 Å². The van der Waals surface area contributed by atoms with Crippen LogP contribution in [0.15, 0.2) is 30.3 Å². The summed E-state index contributed by atoms with van der Waals surface area (Å²) in [5.41, 5.74) is 1.26. The molecule has 2 nitrogen and oxygen atoms in total. The molecular formula is C12H15ClN2. The molecule has 1 atom stereocenters. The van der Waals surface area contributed by atoms with Gasteiger partial charge in [-0.2, -0.15) is 5.26 Å². The van der Waals surface area contributed by atoms with Crippen molar-refractivity contribution in [2.75, 3.05) is 19.5 Å². The number of nitriles is 1. The second kappa shape index (κ2) is 6.44. The second-order valence-electron chi connectivity index (χ2n) is 3.57. The Hall–Kier alpha value is -1.04. The van der Waals surface area contributed by atoms with Crippen molar-refractivity contribution in [3.05, 3.63) is 35.9 Å². The second-order valence-corrected chi connectivity index (χ2v) is 3.88. The van der Waals surface area contributed by atoms with E-state index in [-0.39, 0.29) is 6.04 Å². The highest BCUT2D eigenvalue weighted by Crippen LogP contribution is 2.08. The van der Waals surface area contributed by atoms with E-state index in [9.17, 15) is 0 Å². The molecule has 0 aromatic heterocycles. The third-order valence-electron chi connectivity index (χ3n) is 2.44. The molecule has 0 amide bonds. The molecule has 0 aliphatic rings. The Bertz CT molecular complexity index is 318. The molecule has 80 valence electrons. The molecule has 0 fully saturated rings. The Morgan fingerprint density at radius 3 is 2.60 bits per heavy atom. The summed E-state index contributed by atoms with van der Waals surface area (Å²) in [6.45, 7) is 0.421.